The molecule has 0 aliphatic carbocycles. The monoisotopic (exact) mass is 226 g/mol. The van der Waals surface area contributed by atoms with Crippen LogP contribution in [-0.2, 0) is 0 Å². The molecule has 1 heterocycles. The largest absolute Gasteiger partial charge is 0.337 e. The Morgan fingerprint density at radius 2 is 1.94 bits per heavy atom. The molecule has 0 unspecified atom stereocenters. The van der Waals surface area contributed by atoms with E-state index in [4.69, 9.17) is 0 Å². The highest BCUT2D eigenvalue weighted by Gasteiger charge is 2.22. The maximum Gasteiger partial charge on any atom is 0.317 e. The molecule has 1 fully saturated rings. The highest BCUT2D eigenvalue weighted by Crippen LogP contribution is 2.19. The van der Waals surface area contributed by atoms with Gasteiger partial charge >= 0.3 is 6.03 Å². The number of carbonyl (C=O) groups excluding carboxylic acids is 1. The molecule has 0 spiro atoms. The first-order valence-corrected chi connectivity index (χ1v) is 6.47. The lowest BCUT2D eigenvalue weighted by Gasteiger charge is -2.32. The molecule has 2 amide bonds. The third-order valence-electron chi connectivity index (χ3n) is 3.75. The highest BCUT2D eigenvalue weighted by atomic mass is 16.2. The Balaban J connectivity index is 2.30. The van der Waals surface area contributed by atoms with E-state index >= 15 is 0 Å². The standard InChI is InChI=1S/C13H26N2O/c1-5-13(3,4)10-14-12(16)15-8-6-11(2)7-9-15/h11H,5-10H2,1-4H3,(H,14,16). The van der Waals surface area contributed by atoms with Crippen molar-refractivity contribution in [3.63, 3.8) is 0 Å². The molecule has 1 N–H and O–H groups in total. The number of nitrogens with zero attached hydrogens (tertiary/aromatic N) is 1. The van der Waals surface area contributed by atoms with Crippen LogP contribution in [-0.4, -0.2) is 30.6 Å². The van der Waals surface area contributed by atoms with Crippen molar-refractivity contribution in [1.29, 1.82) is 0 Å². The van der Waals surface area contributed by atoms with E-state index in [0.717, 1.165) is 44.8 Å². The normalized spacial score (nSPS) is 18.6. The van der Waals surface area contributed by atoms with Crippen molar-refractivity contribution in [1.82, 2.24) is 10.2 Å². The van der Waals surface area contributed by atoms with Crippen LogP contribution in [0.5, 0.6) is 0 Å². The quantitative estimate of drug-likeness (QED) is 0.788. The molecule has 94 valence electrons. The van der Waals surface area contributed by atoms with Crippen molar-refractivity contribution in [3.8, 4) is 0 Å². The number of rotatable bonds is 3. The van der Waals surface area contributed by atoms with Crippen molar-refractivity contribution in [2.75, 3.05) is 19.6 Å². The predicted octanol–water partition coefficient (Wildman–Crippen LogP) is 2.86. The predicted molar refractivity (Wildman–Crippen MR) is 67.4 cm³/mol. The maximum absolute atomic E-state index is 11.9. The Morgan fingerprint density at radius 3 is 2.44 bits per heavy atom. The van der Waals surface area contributed by atoms with Crippen LogP contribution in [0.4, 0.5) is 4.79 Å². The fraction of sp³-hybridized carbons (Fsp3) is 0.923. The minimum atomic E-state index is 0.119. The molecule has 3 heteroatoms. The van der Waals surface area contributed by atoms with Gasteiger partial charge in [-0.1, -0.05) is 27.7 Å². The first-order chi connectivity index (χ1) is 7.44. The Hall–Kier alpha value is -0.730. The molecule has 0 bridgehead atoms. The molecule has 1 saturated heterocycles. The molecule has 0 aromatic rings. The van der Waals surface area contributed by atoms with E-state index in [0.29, 0.717) is 0 Å². The Labute approximate surface area is 99.6 Å². The van der Waals surface area contributed by atoms with Crippen LogP contribution in [0.3, 0.4) is 0 Å². The molecule has 1 rings (SSSR count). The lowest BCUT2D eigenvalue weighted by atomic mass is 9.90. The smallest absolute Gasteiger partial charge is 0.317 e. The highest BCUT2D eigenvalue weighted by molar-refractivity contribution is 5.74. The van der Waals surface area contributed by atoms with Crippen LogP contribution in [0, 0.1) is 11.3 Å². The van der Waals surface area contributed by atoms with Gasteiger partial charge < -0.3 is 10.2 Å². The second-order valence-corrected chi connectivity index (χ2v) is 5.85. The average molecular weight is 226 g/mol. The summed E-state index contributed by atoms with van der Waals surface area (Å²) >= 11 is 0. The number of urea groups is 1. The molecule has 16 heavy (non-hydrogen) atoms. The van der Waals surface area contributed by atoms with Crippen LogP contribution >= 0.6 is 0 Å². The summed E-state index contributed by atoms with van der Waals surface area (Å²) < 4.78 is 0. The third kappa shape index (κ3) is 4.03. The zero-order valence-corrected chi connectivity index (χ0v) is 11.2. The van der Waals surface area contributed by atoms with E-state index < -0.39 is 0 Å². The van der Waals surface area contributed by atoms with E-state index in [9.17, 15) is 4.79 Å². The van der Waals surface area contributed by atoms with Crippen LogP contribution in [0.1, 0.15) is 47.0 Å². The summed E-state index contributed by atoms with van der Waals surface area (Å²) in [7, 11) is 0. The molecule has 0 atom stereocenters. The summed E-state index contributed by atoms with van der Waals surface area (Å²) in [5, 5.41) is 3.05. The molecule has 0 aromatic heterocycles. The second kappa shape index (κ2) is 5.55. The summed E-state index contributed by atoms with van der Waals surface area (Å²) in [6.07, 6.45) is 3.37. The molecular weight excluding hydrogens is 200 g/mol. The van der Waals surface area contributed by atoms with Crippen molar-refractivity contribution in [2.45, 2.75) is 47.0 Å². The second-order valence-electron chi connectivity index (χ2n) is 5.85. The van der Waals surface area contributed by atoms with Gasteiger partial charge in [0.05, 0.1) is 0 Å². The summed E-state index contributed by atoms with van der Waals surface area (Å²) in [5.41, 5.74) is 0.207. The van der Waals surface area contributed by atoms with E-state index in [1.165, 1.54) is 0 Å². The number of hydrogen-bond donors (Lipinski definition) is 1. The van der Waals surface area contributed by atoms with Gasteiger partial charge in [0.1, 0.15) is 0 Å². The zero-order chi connectivity index (χ0) is 12.2. The Kier molecular flexibility index (Phi) is 4.63. The van der Waals surface area contributed by atoms with Gasteiger partial charge in [-0.05, 0) is 30.6 Å². The minimum Gasteiger partial charge on any atom is -0.337 e. The summed E-state index contributed by atoms with van der Waals surface area (Å²) in [6, 6.07) is 0.119. The van der Waals surface area contributed by atoms with Crippen LogP contribution in [0.25, 0.3) is 0 Å². The van der Waals surface area contributed by atoms with E-state index in [-0.39, 0.29) is 11.4 Å². The number of hydrogen-bond acceptors (Lipinski definition) is 1. The van der Waals surface area contributed by atoms with E-state index in [2.05, 4.69) is 33.0 Å². The molecule has 0 saturated carbocycles. The van der Waals surface area contributed by atoms with Crippen molar-refractivity contribution in [2.24, 2.45) is 11.3 Å². The number of nitrogens with one attached hydrogen (secondary N) is 1. The summed E-state index contributed by atoms with van der Waals surface area (Å²) in [6.45, 7) is 11.4. The maximum atomic E-state index is 11.9. The van der Waals surface area contributed by atoms with Crippen LogP contribution < -0.4 is 5.32 Å². The van der Waals surface area contributed by atoms with Gasteiger partial charge in [0.25, 0.3) is 0 Å². The van der Waals surface area contributed by atoms with E-state index in [1.54, 1.807) is 0 Å². The summed E-state index contributed by atoms with van der Waals surface area (Å²) in [4.78, 5) is 13.8. The SMILES string of the molecule is CCC(C)(C)CNC(=O)N1CCC(C)CC1. The first kappa shape index (κ1) is 13.3. The van der Waals surface area contributed by atoms with Crippen molar-refractivity contribution >= 4 is 6.03 Å². The molecule has 1 aliphatic heterocycles. The van der Waals surface area contributed by atoms with Gasteiger partial charge in [-0.2, -0.15) is 0 Å². The molecule has 0 radical (unpaired) electrons. The van der Waals surface area contributed by atoms with Gasteiger partial charge in [0.2, 0.25) is 0 Å². The first-order valence-electron chi connectivity index (χ1n) is 6.47. The lowest BCUT2D eigenvalue weighted by Crippen LogP contribution is -2.46. The average Bonchev–Trinajstić information content (AvgIpc) is 2.27. The number of amides is 2. The third-order valence-corrected chi connectivity index (χ3v) is 3.75. The van der Waals surface area contributed by atoms with Gasteiger partial charge in [0, 0.05) is 19.6 Å². The van der Waals surface area contributed by atoms with E-state index in [1.807, 2.05) is 4.90 Å². The Morgan fingerprint density at radius 1 is 1.38 bits per heavy atom. The van der Waals surface area contributed by atoms with Gasteiger partial charge in [-0.15, -0.1) is 0 Å². The molecule has 3 nitrogen and oxygen atoms in total. The van der Waals surface area contributed by atoms with Crippen molar-refractivity contribution in [3.05, 3.63) is 0 Å². The Bertz CT molecular complexity index is 230. The number of piperidine rings is 1. The molecule has 1 aliphatic rings. The zero-order valence-electron chi connectivity index (χ0n) is 11.2. The van der Waals surface area contributed by atoms with Crippen LogP contribution in [0.2, 0.25) is 0 Å². The fourth-order valence-corrected chi connectivity index (χ4v) is 1.76. The number of likely N-dealkylation sites (tertiary alicyclic amines) is 1. The van der Waals surface area contributed by atoms with Crippen molar-refractivity contribution < 1.29 is 4.79 Å². The topological polar surface area (TPSA) is 32.3 Å². The van der Waals surface area contributed by atoms with Crippen LogP contribution in [0.15, 0.2) is 0 Å². The minimum absolute atomic E-state index is 0.119. The van der Waals surface area contributed by atoms with Gasteiger partial charge in [-0.25, -0.2) is 4.79 Å². The summed E-state index contributed by atoms with van der Waals surface area (Å²) in [5.74, 6) is 0.774. The fourth-order valence-electron chi connectivity index (χ4n) is 1.76. The molecular formula is C13H26N2O. The molecule has 0 aromatic carbocycles. The van der Waals surface area contributed by atoms with Gasteiger partial charge in [-0.3, -0.25) is 0 Å². The number of carbonyl (C=O) groups is 1. The van der Waals surface area contributed by atoms with Gasteiger partial charge in [0.15, 0.2) is 0 Å². The lowest BCUT2D eigenvalue weighted by molar-refractivity contribution is 0.169.